The zero-order valence-electron chi connectivity index (χ0n) is 12.5. The van der Waals surface area contributed by atoms with Crippen molar-refractivity contribution in [2.45, 2.75) is 51.3 Å². The fourth-order valence-electron chi connectivity index (χ4n) is 2.61. The molecule has 2 rings (SSSR count). The van der Waals surface area contributed by atoms with Crippen LogP contribution in [0.1, 0.15) is 45.2 Å². The largest absolute Gasteiger partial charge is 0.548 e. The Labute approximate surface area is 124 Å². The van der Waals surface area contributed by atoms with Gasteiger partial charge in [-0.25, -0.2) is 4.79 Å². The molecular formula is C16H20NO4-. The Morgan fingerprint density at radius 2 is 1.81 bits per heavy atom. The number of carbonyl (C=O) groups is 2. The molecule has 1 heterocycles. The number of carboxylic acid groups (broad SMARTS) is 1. The van der Waals surface area contributed by atoms with E-state index in [1.165, 1.54) is 4.90 Å². The summed E-state index contributed by atoms with van der Waals surface area (Å²) in [5.74, 6) is -1.24. The first-order chi connectivity index (χ1) is 9.79. The number of hydrogen-bond donors (Lipinski definition) is 0. The number of carbonyl (C=O) groups excluding carboxylic acids is 2. The lowest BCUT2D eigenvalue weighted by molar-refractivity contribution is -0.310. The zero-order chi connectivity index (χ0) is 15.6. The van der Waals surface area contributed by atoms with E-state index in [1.807, 2.05) is 30.3 Å². The lowest BCUT2D eigenvalue weighted by Crippen LogP contribution is -2.49. The van der Waals surface area contributed by atoms with Gasteiger partial charge < -0.3 is 14.6 Å². The van der Waals surface area contributed by atoms with E-state index in [4.69, 9.17) is 4.74 Å². The van der Waals surface area contributed by atoms with Gasteiger partial charge >= 0.3 is 6.09 Å². The molecule has 0 bridgehead atoms. The molecule has 5 nitrogen and oxygen atoms in total. The first kappa shape index (κ1) is 15.4. The van der Waals surface area contributed by atoms with E-state index < -0.39 is 23.7 Å². The number of benzene rings is 1. The third-order valence-corrected chi connectivity index (χ3v) is 3.45. The maximum absolute atomic E-state index is 12.4. The molecule has 1 amide bonds. The summed E-state index contributed by atoms with van der Waals surface area (Å²) in [6, 6.07) is 8.17. The van der Waals surface area contributed by atoms with Crippen molar-refractivity contribution in [3.63, 3.8) is 0 Å². The van der Waals surface area contributed by atoms with Gasteiger partial charge in [0.05, 0.1) is 18.1 Å². The standard InChI is InChI=1S/C16H21NO4/c1-16(2,3)21-15(20)17-12(9-10-13(17)14(18)19)11-7-5-4-6-8-11/h4-8,12-13H,9-10H2,1-3H3,(H,18,19)/p-1. The van der Waals surface area contributed by atoms with E-state index in [9.17, 15) is 14.7 Å². The Balaban J connectivity index is 2.29. The van der Waals surface area contributed by atoms with Crippen LogP contribution in [-0.2, 0) is 9.53 Å². The fraction of sp³-hybridized carbons (Fsp3) is 0.500. The summed E-state index contributed by atoms with van der Waals surface area (Å²) in [6.07, 6.45) is 0.353. The van der Waals surface area contributed by atoms with Gasteiger partial charge in [0.1, 0.15) is 5.60 Å². The van der Waals surface area contributed by atoms with E-state index in [2.05, 4.69) is 0 Å². The predicted octanol–water partition coefficient (Wildman–Crippen LogP) is 1.88. The highest BCUT2D eigenvalue weighted by Gasteiger charge is 2.40. The molecule has 114 valence electrons. The van der Waals surface area contributed by atoms with Crippen LogP contribution in [0.4, 0.5) is 4.79 Å². The molecule has 1 aliphatic rings. The van der Waals surface area contributed by atoms with Crippen LogP contribution in [0, 0.1) is 0 Å². The summed E-state index contributed by atoms with van der Waals surface area (Å²) in [5, 5.41) is 11.3. The monoisotopic (exact) mass is 290 g/mol. The molecule has 0 aromatic heterocycles. The molecule has 1 fully saturated rings. The number of aliphatic carboxylic acids is 1. The van der Waals surface area contributed by atoms with E-state index in [0.717, 1.165) is 5.56 Å². The third-order valence-electron chi connectivity index (χ3n) is 3.45. The van der Waals surface area contributed by atoms with Crippen LogP contribution >= 0.6 is 0 Å². The Morgan fingerprint density at radius 3 is 2.33 bits per heavy atom. The van der Waals surface area contributed by atoms with Crippen molar-refractivity contribution in [2.24, 2.45) is 0 Å². The number of carboxylic acids is 1. The molecule has 0 saturated carbocycles. The van der Waals surface area contributed by atoms with Gasteiger partial charge in [0.2, 0.25) is 0 Å². The van der Waals surface area contributed by atoms with Gasteiger partial charge in [-0.2, -0.15) is 0 Å². The van der Waals surface area contributed by atoms with Crippen LogP contribution < -0.4 is 5.11 Å². The molecule has 5 heteroatoms. The van der Waals surface area contributed by atoms with Crippen molar-refractivity contribution in [3.8, 4) is 0 Å². The van der Waals surface area contributed by atoms with E-state index in [1.54, 1.807) is 20.8 Å². The first-order valence-corrected chi connectivity index (χ1v) is 7.07. The fourth-order valence-corrected chi connectivity index (χ4v) is 2.61. The lowest BCUT2D eigenvalue weighted by Gasteiger charge is -2.33. The van der Waals surface area contributed by atoms with Crippen LogP contribution in [0.25, 0.3) is 0 Å². The van der Waals surface area contributed by atoms with Gasteiger partial charge in [-0.15, -0.1) is 0 Å². The smallest absolute Gasteiger partial charge is 0.411 e. The summed E-state index contributed by atoms with van der Waals surface area (Å²) in [6.45, 7) is 5.27. The molecule has 0 radical (unpaired) electrons. The van der Waals surface area contributed by atoms with Gasteiger partial charge in [0, 0.05) is 0 Å². The highest BCUT2D eigenvalue weighted by Crippen LogP contribution is 2.37. The van der Waals surface area contributed by atoms with Crippen LogP contribution in [0.5, 0.6) is 0 Å². The number of hydrogen-bond acceptors (Lipinski definition) is 4. The zero-order valence-corrected chi connectivity index (χ0v) is 12.5. The van der Waals surface area contributed by atoms with Crippen molar-refractivity contribution in [1.29, 1.82) is 0 Å². The minimum atomic E-state index is -1.24. The molecule has 1 saturated heterocycles. The maximum Gasteiger partial charge on any atom is 0.411 e. The molecule has 1 aromatic rings. The SMILES string of the molecule is CC(C)(C)OC(=O)N1C(C(=O)[O-])CCC1c1ccccc1. The summed E-state index contributed by atoms with van der Waals surface area (Å²) in [4.78, 5) is 25.0. The van der Waals surface area contributed by atoms with Crippen molar-refractivity contribution >= 4 is 12.1 Å². The van der Waals surface area contributed by atoms with Crippen LogP contribution in [0.2, 0.25) is 0 Å². The van der Waals surface area contributed by atoms with E-state index >= 15 is 0 Å². The maximum atomic E-state index is 12.4. The van der Waals surface area contributed by atoms with Crippen molar-refractivity contribution < 1.29 is 19.4 Å². The molecule has 0 N–H and O–H groups in total. The first-order valence-electron chi connectivity index (χ1n) is 7.07. The second-order valence-electron chi connectivity index (χ2n) is 6.23. The number of ether oxygens (including phenoxy) is 1. The van der Waals surface area contributed by atoms with E-state index in [-0.39, 0.29) is 6.04 Å². The number of nitrogens with zero attached hydrogens (tertiary/aromatic N) is 1. The van der Waals surface area contributed by atoms with E-state index in [0.29, 0.717) is 12.8 Å². The van der Waals surface area contributed by atoms with Gasteiger partial charge in [-0.05, 0) is 39.2 Å². The quantitative estimate of drug-likeness (QED) is 0.834. The minimum absolute atomic E-state index is 0.288. The average Bonchev–Trinajstić information content (AvgIpc) is 2.82. The van der Waals surface area contributed by atoms with Crippen LogP contribution in [0.3, 0.4) is 0 Å². The van der Waals surface area contributed by atoms with Crippen LogP contribution in [-0.4, -0.2) is 28.6 Å². The Kier molecular flexibility index (Phi) is 4.21. The highest BCUT2D eigenvalue weighted by atomic mass is 16.6. The molecular weight excluding hydrogens is 270 g/mol. The number of rotatable bonds is 2. The van der Waals surface area contributed by atoms with Crippen LogP contribution in [0.15, 0.2) is 30.3 Å². The normalized spacial score (nSPS) is 22.1. The van der Waals surface area contributed by atoms with Gasteiger partial charge in [-0.3, -0.25) is 4.90 Å². The number of amides is 1. The van der Waals surface area contributed by atoms with Gasteiger partial charge in [0.15, 0.2) is 0 Å². The predicted molar refractivity (Wildman–Crippen MR) is 75.3 cm³/mol. The second kappa shape index (κ2) is 5.76. The molecule has 0 spiro atoms. The molecule has 2 unspecified atom stereocenters. The highest BCUT2D eigenvalue weighted by molar-refractivity contribution is 5.80. The summed E-state index contributed by atoms with van der Waals surface area (Å²) in [5.41, 5.74) is 0.240. The number of likely N-dealkylation sites (tertiary alicyclic amines) is 1. The third kappa shape index (κ3) is 3.54. The summed E-state index contributed by atoms with van der Waals surface area (Å²) >= 11 is 0. The molecule has 1 aromatic carbocycles. The molecule has 1 aliphatic heterocycles. The summed E-state index contributed by atoms with van der Waals surface area (Å²) in [7, 11) is 0. The Morgan fingerprint density at radius 1 is 1.19 bits per heavy atom. The molecule has 21 heavy (non-hydrogen) atoms. The van der Waals surface area contributed by atoms with Crippen molar-refractivity contribution in [1.82, 2.24) is 4.90 Å². The van der Waals surface area contributed by atoms with Gasteiger partial charge in [0.25, 0.3) is 0 Å². The molecule has 2 atom stereocenters. The van der Waals surface area contributed by atoms with Crippen molar-refractivity contribution in [3.05, 3.63) is 35.9 Å². The lowest BCUT2D eigenvalue weighted by atomic mass is 10.1. The van der Waals surface area contributed by atoms with Crippen molar-refractivity contribution in [2.75, 3.05) is 0 Å². The minimum Gasteiger partial charge on any atom is -0.548 e. The summed E-state index contributed by atoms with van der Waals surface area (Å²) < 4.78 is 5.35. The average molecular weight is 290 g/mol. The topological polar surface area (TPSA) is 69.7 Å². The Hall–Kier alpha value is -2.04. The van der Waals surface area contributed by atoms with Gasteiger partial charge in [-0.1, -0.05) is 30.3 Å². The molecule has 0 aliphatic carbocycles. The Bertz CT molecular complexity index is 521. The second-order valence-corrected chi connectivity index (χ2v) is 6.23.